The van der Waals surface area contributed by atoms with Crippen molar-refractivity contribution < 1.29 is 14.3 Å². The van der Waals surface area contributed by atoms with Crippen molar-refractivity contribution in [1.82, 2.24) is 10.6 Å². The molecule has 1 aromatic carbocycles. The molecule has 2 rings (SSSR count). The van der Waals surface area contributed by atoms with E-state index >= 15 is 0 Å². The van der Waals surface area contributed by atoms with Gasteiger partial charge in [0.05, 0.1) is 13.7 Å². The molecule has 1 unspecified atom stereocenters. The first-order chi connectivity index (χ1) is 10.6. The molecule has 1 heterocycles. The molecule has 0 spiro atoms. The van der Waals surface area contributed by atoms with Crippen molar-refractivity contribution in [3.05, 3.63) is 23.8 Å². The second-order valence-electron chi connectivity index (χ2n) is 6.07. The zero-order valence-electron chi connectivity index (χ0n) is 14.1. The van der Waals surface area contributed by atoms with Crippen LogP contribution < -0.4 is 20.1 Å². The van der Waals surface area contributed by atoms with E-state index in [1.54, 1.807) is 25.3 Å². The van der Waals surface area contributed by atoms with E-state index in [4.69, 9.17) is 9.47 Å². The molecule has 23 heavy (non-hydrogen) atoms. The molecule has 1 atom stereocenters. The number of benzene rings is 1. The highest BCUT2D eigenvalue weighted by Gasteiger charge is 2.16. The lowest BCUT2D eigenvalue weighted by molar-refractivity contribution is 0.0950. The Kier molecular flexibility index (Phi) is 8.20. The Hall–Kier alpha value is -1.46. The predicted octanol–water partition coefficient (Wildman–Crippen LogP) is 2.63. The monoisotopic (exact) mass is 342 g/mol. The van der Waals surface area contributed by atoms with Gasteiger partial charge in [-0.1, -0.05) is 13.8 Å². The summed E-state index contributed by atoms with van der Waals surface area (Å²) in [7, 11) is 1.59. The molecule has 0 radical (unpaired) electrons. The number of nitrogens with one attached hydrogen (secondary N) is 2. The lowest BCUT2D eigenvalue weighted by atomic mass is 10.1. The van der Waals surface area contributed by atoms with Gasteiger partial charge in [-0.2, -0.15) is 0 Å². The molecule has 1 amide bonds. The van der Waals surface area contributed by atoms with Crippen molar-refractivity contribution in [3.63, 3.8) is 0 Å². The Morgan fingerprint density at radius 1 is 1.39 bits per heavy atom. The van der Waals surface area contributed by atoms with Gasteiger partial charge in [0, 0.05) is 18.2 Å². The highest BCUT2D eigenvalue weighted by Crippen LogP contribution is 2.28. The van der Waals surface area contributed by atoms with E-state index < -0.39 is 0 Å². The van der Waals surface area contributed by atoms with Gasteiger partial charge in [-0.05, 0) is 43.5 Å². The second-order valence-corrected chi connectivity index (χ2v) is 6.07. The van der Waals surface area contributed by atoms with E-state index in [1.807, 2.05) is 0 Å². The predicted molar refractivity (Wildman–Crippen MR) is 93.9 cm³/mol. The van der Waals surface area contributed by atoms with Crippen LogP contribution in [0.4, 0.5) is 0 Å². The minimum absolute atomic E-state index is 0. The fourth-order valence-electron chi connectivity index (χ4n) is 2.43. The van der Waals surface area contributed by atoms with Crippen molar-refractivity contribution in [3.8, 4) is 11.5 Å². The Bertz CT molecular complexity index is 503. The highest BCUT2D eigenvalue weighted by molar-refractivity contribution is 5.94. The van der Waals surface area contributed by atoms with Crippen molar-refractivity contribution in [2.24, 2.45) is 5.92 Å². The number of carbonyl (C=O) groups is 1. The summed E-state index contributed by atoms with van der Waals surface area (Å²) in [4.78, 5) is 12.2. The fourth-order valence-corrected chi connectivity index (χ4v) is 2.43. The third-order valence-corrected chi connectivity index (χ3v) is 3.67. The number of rotatable bonds is 7. The van der Waals surface area contributed by atoms with E-state index in [0.29, 0.717) is 42.2 Å². The number of hydrogen-bond donors (Lipinski definition) is 2. The minimum atomic E-state index is -0.0811. The highest BCUT2D eigenvalue weighted by atomic mass is 35.5. The van der Waals surface area contributed by atoms with Crippen LogP contribution >= 0.6 is 12.4 Å². The number of amides is 1. The van der Waals surface area contributed by atoms with Crippen molar-refractivity contribution in [1.29, 1.82) is 0 Å². The second kappa shape index (κ2) is 9.63. The smallest absolute Gasteiger partial charge is 0.251 e. The van der Waals surface area contributed by atoms with E-state index in [9.17, 15) is 4.79 Å². The Morgan fingerprint density at radius 2 is 2.17 bits per heavy atom. The van der Waals surface area contributed by atoms with E-state index in [-0.39, 0.29) is 18.3 Å². The molecular formula is C17H27ClN2O3. The van der Waals surface area contributed by atoms with Gasteiger partial charge in [0.25, 0.3) is 5.91 Å². The minimum Gasteiger partial charge on any atom is -0.493 e. The van der Waals surface area contributed by atoms with Crippen molar-refractivity contribution >= 4 is 18.3 Å². The molecule has 0 saturated carbocycles. The average Bonchev–Trinajstić information content (AvgIpc) is 3.03. The zero-order valence-corrected chi connectivity index (χ0v) is 14.9. The lowest BCUT2D eigenvalue weighted by Crippen LogP contribution is -2.37. The summed E-state index contributed by atoms with van der Waals surface area (Å²) >= 11 is 0. The summed E-state index contributed by atoms with van der Waals surface area (Å²) in [5, 5.41) is 6.33. The molecule has 5 nitrogen and oxygen atoms in total. The summed E-state index contributed by atoms with van der Waals surface area (Å²) in [6, 6.07) is 5.69. The quantitative estimate of drug-likeness (QED) is 0.799. The normalized spacial score (nSPS) is 16.8. The average molecular weight is 343 g/mol. The van der Waals surface area contributed by atoms with Crippen LogP contribution in [0.25, 0.3) is 0 Å². The van der Waals surface area contributed by atoms with Gasteiger partial charge in [-0.3, -0.25) is 4.79 Å². The molecular weight excluding hydrogens is 316 g/mol. The maximum Gasteiger partial charge on any atom is 0.251 e. The lowest BCUT2D eigenvalue weighted by Gasteiger charge is -2.14. The standard InChI is InChI=1S/C17H26N2O3.ClH/c1-12(2)11-22-15-7-6-13(9-16(15)21-3)17(20)19-10-14-5-4-8-18-14;/h6-7,9,12,14,18H,4-5,8,10-11H2,1-3H3,(H,19,20);1H. The number of hydrogen-bond acceptors (Lipinski definition) is 4. The molecule has 130 valence electrons. The Labute approximate surface area is 144 Å². The van der Waals surface area contributed by atoms with Gasteiger partial charge in [0.15, 0.2) is 11.5 Å². The van der Waals surface area contributed by atoms with Gasteiger partial charge in [-0.25, -0.2) is 0 Å². The number of ether oxygens (including phenoxy) is 2. The van der Waals surface area contributed by atoms with E-state index in [1.165, 1.54) is 6.42 Å². The fraction of sp³-hybridized carbons (Fsp3) is 0.588. The zero-order chi connectivity index (χ0) is 15.9. The molecule has 2 N–H and O–H groups in total. The number of carbonyl (C=O) groups excluding carboxylic acids is 1. The van der Waals surface area contributed by atoms with Crippen LogP contribution in [-0.4, -0.2) is 38.8 Å². The van der Waals surface area contributed by atoms with Crippen LogP contribution in [0.1, 0.15) is 37.0 Å². The number of methoxy groups -OCH3 is 1. The van der Waals surface area contributed by atoms with Gasteiger partial charge >= 0.3 is 0 Å². The Balaban J connectivity index is 0.00000264. The van der Waals surface area contributed by atoms with E-state index in [0.717, 1.165) is 13.0 Å². The van der Waals surface area contributed by atoms with Crippen LogP contribution in [0, 0.1) is 5.92 Å². The van der Waals surface area contributed by atoms with Crippen LogP contribution in [0.15, 0.2) is 18.2 Å². The van der Waals surface area contributed by atoms with Gasteiger partial charge < -0.3 is 20.1 Å². The maximum atomic E-state index is 12.2. The first-order valence-corrected chi connectivity index (χ1v) is 7.92. The van der Waals surface area contributed by atoms with Crippen LogP contribution in [-0.2, 0) is 0 Å². The molecule has 1 aliphatic heterocycles. The summed E-state index contributed by atoms with van der Waals surface area (Å²) in [5.74, 6) is 1.62. The maximum absolute atomic E-state index is 12.2. The van der Waals surface area contributed by atoms with E-state index in [2.05, 4.69) is 24.5 Å². The van der Waals surface area contributed by atoms with Crippen molar-refractivity contribution in [2.75, 3.05) is 26.8 Å². The topological polar surface area (TPSA) is 59.6 Å². The van der Waals surface area contributed by atoms with Crippen molar-refractivity contribution in [2.45, 2.75) is 32.7 Å². The summed E-state index contributed by atoms with van der Waals surface area (Å²) in [5.41, 5.74) is 0.590. The summed E-state index contributed by atoms with van der Waals surface area (Å²) in [6.45, 7) is 6.49. The van der Waals surface area contributed by atoms with Crippen LogP contribution in [0.5, 0.6) is 11.5 Å². The molecule has 6 heteroatoms. The summed E-state index contributed by atoms with van der Waals surface area (Å²) in [6.07, 6.45) is 2.29. The third-order valence-electron chi connectivity index (χ3n) is 3.67. The van der Waals surface area contributed by atoms with Crippen LogP contribution in [0.3, 0.4) is 0 Å². The first kappa shape index (κ1) is 19.6. The number of halogens is 1. The Morgan fingerprint density at radius 3 is 2.78 bits per heavy atom. The van der Waals surface area contributed by atoms with Gasteiger partial charge in [0.2, 0.25) is 0 Å². The summed E-state index contributed by atoms with van der Waals surface area (Å²) < 4.78 is 11.0. The third kappa shape index (κ3) is 5.92. The van der Waals surface area contributed by atoms with Crippen LogP contribution in [0.2, 0.25) is 0 Å². The largest absolute Gasteiger partial charge is 0.493 e. The van der Waals surface area contributed by atoms with Gasteiger partial charge in [-0.15, -0.1) is 12.4 Å². The first-order valence-electron chi connectivity index (χ1n) is 7.92. The molecule has 0 aliphatic carbocycles. The molecule has 1 saturated heterocycles. The molecule has 0 aromatic heterocycles. The SMILES string of the molecule is COc1cc(C(=O)NCC2CCCN2)ccc1OCC(C)C.Cl. The van der Waals surface area contributed by atoms with Gasteiger partial charge in [0.1, 0.15) is 0 Å². The molecule has 1 aromatic rings. The molecule has 1 fully saturated rings. The molecule has 0 bridgehead atoms. The molecule has 1 aliphatic rings.